The molecule has 1 fully saturated rings. The van der Waals surface area contributed by atoms with Gasteiger partial charge in [-0.05, 0) is 12.1 Å². The normalized spacial score (nSPS) is 16.9. The zero-order chi connectivity index (χ0) is 13.2. The van der Waals surface area contributed by atoms with Crippen LogP contribution in [0.3, 0.4) is 0 Å². The van der Waals surface area contributed by atoms with Crippen molar-refractivity contribution in [3.8, 4) is 11.3 Å². The minimum absolute atomic E-state index is 0.00246. The van der Waals surface area contributed by atoms with Gasteiger partial charge in [-0.15, -0.1) is 0 Å². The fraction of sp³-hybridized carbons (Fsp3) is 0.0667. The van der Waals surface area contributed by atoms with Gasteiger partial charge < -0.3 is 9.73 Å². The minimum Gasteiger partial charge on any atom is -0.457 e. The highest BCUT2D eigenvalue weighted by atomic mass is 32.1. The van der Waals surface area contributed by atoms with Crippen LogP contribution < -0.4 is 5.32 Å². The molecule has 1 N–H and O–H groups in total. The number of hydrogen-bond acceptors (Lipinski definition) is 3. The molecule has 19 heavy (non-hydrogen) atoms. The van der Waals surface area contributed by atoms with Crippen molar-refractivity contribution in [2.45, 2.75) is 6.42 Å². The molecule has 0 spiro atoms. The number of thiocarbonyl (C=S) groups is 1. The maximum absolute atomic E-state index is 11.6. The first-order chi connectivity index (χ1) is 9.22. The summed E-state index contributed by atoms with van der Waals surface area (Å²) in [6.07, 6.45) is 1.97. The van der Waals surface area contributed by atoms with Crippen molar-refractivity contribution in [3.63, 3.8) is 0 Å². The number of Topliss-reactive ketones (excluding diaryl/α,β-unsaturated/α-hetero) is 1. The summed E-state index contributed by atoms with van der Waals surface area (Å²) in [5.41, 5.74) is 1.51. The van der Waals surface area contributed by atoms with E-state index in [1.807, 2.05) is 42.5 Å². The Morgan fingerprint density at radius 2 is 1.95 bits per heavy atom. The standard InChI is InChI=1S/C15H11NO2S/c17-13-9-15(19)16-12(13)8-11-6-7-14(18-11)10-4-2-1-3-5-10/h1-8H,9H2,(H,16,19). The molecule has 94 valence electrons. The molecule has 0 radical (unpaired) electrons. The fourth-order valence-corrected chi connectivity index (χ4v) is 2.19. The van der Waals surface area contributed by atoms with Crippen molar-refractivity contribution in [1.29, 1.82) is 0 Å². The van der Waals surface area contributed by atoms with Crippen molar-refractivity contribution in [3.05, 3.63) is 53.9 Å². The molecular weight excluding hydrogens is 258 g/mol. The molecule has 0 aliphatic carbocycles. The van der Waals surface area contributed by atoms with Crippen molar-refractivity contribution in [2.24, 2.45) is 0 Å². The molecule has 0 unspecified atom stereocenters. The lowest BCUT2D eigenvalue weighted by Crippen LogP contribution is -2.10. The van der Waals surface area contributed by atoms with Gasteiger partial charge in [0, 0.05) is 11.6 Å². The maximum Gasteiger partial charge on any atom is 0.185 e. The zero-order valence-electron chi connectivity index (χ0n) is 10.1. The Hall–Kier alpha value is -2.20. The van der Waals surface area contributed by atoms with Crippen LogP contribution in [-0.4, -0.2) is 10.8 Å². The number of carbonyl (C=O) groups excluding carboxylic acids is 1. The molecule has 0 bridgehead atoms. The number of ketones is 1. The second kappa shape index (κ2) is 4.82. The highest BCUT2D eigenvalue weighted by Crippen LogP contribution is 2.23. The quantitative estimate of drug-likeness (QED) is 0.671. The van der Waals surface area contributed by atoms with Gasteiger partial charge in [-0.25, -0.2) is 0 Å². The molecule has 2 aromatic rings. The van der Waals surface area contributed by atoms with E-state index in [0.717, 1.165) is 11.3 Å². The maximum atomic E-state index is 11.6. The van der Waals surface area contributed by atoms with Crippen molar-refractivity contribution >= 4 is 29.1 Å². The first kappa shape index (κ1) is 11.9. The topological polar surface area (TPSA) is 42.2 Å². The molecule has 4 heteroatoms. The summed E-state index contributed by atoms with van der Waals surface area (Å²) in [6, 6.07) is 13.5. The third-order valence-electron chi connectivity index (χ3n) is 2.87. The lowest BCUT2D eigenvalue weighted by molar-refractivity contribution is -0.114. The van der Waals surface area contributed by atoms with E-state index in [0.29, 0.717) is 16.4 Å². The smallest absolute Gasteiger partial charge is 0.185 e. The Labute approximate surface area is 115 Å². The van der Waals surface area contributed by atoms with Gasteiger partial charge in [0.2, 0.25) is 0 Å². The Morgan fingerprint density at radius 3 is 2.63 bits per heavy atom. The van der Waals surface area contributed by atoms with E-state index < -0.39 is 0 Å². The number of carbonyl (C=O) groups is 1. The van der Waals surface area contributed by atoms with E-state index in [9.17, 15) is 4.79 Å². The Morgan fingerprint density at radius 1 is 1.16 bits per heavy atom. The molecule has 1 aromatic carbocycles. The van der Waals surface area contributed by atoms with Gasteiger partial charge >= 0.3 is 0 Å². The second-order valence-electron chi connectivity index (χ2n) is 4.27. The van der Waals surface area contributed by atoms with E-state index in [2.05, 4.69) is 5.32 Å². The molecule has 3 nitrogen and oxygen atoms in total. The van der Waals surface area contributed by atoms with Gasteiger partial charge in [0.05, 0.1) is 17.1 Å². The summed E-state index contributed by atoms with van der Waals surface area (Å²) >= 11 is 4.97. The van der Waals surface area contributed by atoms with E-state index in [1.54, 1.807) is 6.08 Å². The summed E-state index contributed by atoms with van der Waals surface area (Å²) < 4.78 is 5.70. The summed E-state index contributed by atoms with van der Waals surface area (Å²) in [5.74, 6) is 1.42. The summed E-state index contributed by atoms with van der Waals surface area (Å²) in [6.45, 7) is 0. The van der Waals surface area contributed by atoms with E-state index in [-0.39, 0.29) is 12.2 Å². The molecule has 2 heterocycles. The number of rotatable bonds is 2. The molecule has 0 saturated carbocycles. The fourth-order valence-electron chi connectivity index (χ4n) is 1.95. The average molecular weight is 269 g/mol. The van der Waals surface area contributed by atoms with Gasteiger partial charge in [0.25, 0.3) is 0 Å². The number of nitrogens with one attached hydrogen (secondary N) is 1. The lowest BCUT2D eigenvalue weighted by Gasteiger charge is -1.96. The summed E-state index contributed by atoms with van der Waals surface area (Å²) in [5, 5.41) is 2.88. The average Bonchev–Trinajstić information content (AvgIpc) is 2.99. The Balaban J connectivity index is 1.89. The largest absolute Gasteiger partial charge is 0.457 e. The van der Waals surface area contributed by atoms with Crippen LogP contribution in [-0.2, 0) is 4.79 Å². The monoisotopic (exact) mass is 269 g/mol. The van der Waals surface area contributed by atoms with Crippen LogP contribution in [0.15, 0.2) is 52.6 Å². The van der Waals surface area contributed by atoms with Gasteiger partial charge in [0.15, 0.2) is 5.78 Å². The summed E-state index contributed by atoms with van der Waals surface area (Å²) in [4.78, 5) is 12.2. The van der Waals surface area contributed by atoms with Gasteiger partial charge in [-0.3, -0.25) is 4.79 Å². The number of benzene rings is 1. The number of furan rings is 1. The molecule has 0 atom stereocenters. The molecule has 1 aliphatic rings. The van der Waals surface area contributed by atoms with Gasteiger partial charge in [-0.2, -0.15) is 0 Å². The Bertz CT molecular complexity index is 670. The number of hydrogen-bond donors (Lipinski definition) is 1. The highest BCUT2D eigenvalue weighted by Gasteiger charge is 2.21. The molecule has 1 saturated heterocycles. The van der Waals surface area contributed by atoms with Crippen LogP contribution in [0, 0.1) is 0 Å². The van der Waals surface area contributed by atoms with Crippen molar-refractivity contribution in [2.75, 3.05) is 0 Å². The van der Waals surface area contributed by atoms with E-state index >= 15 is 0 Å². The SMILES string of the molecule is O=C1CC(=S)NC1=Cc1ccc(-c2ccccc2)o1. The predicted molar refractivity (Wildman–Crippen MR) is 77.5 cm³/mol. The van der Waals surface area contributed by atoms with Crippen LogP contribution in [0.2, 0.25) is 0 Å². The third kappa shape index (κ3) is 2.48. The van der Waals surface area contributed by atoms with Crippen LogP contribution in [0.4, 0.5) is 0 Å². The highest BCUT2D eigenvalue weighted by molar-refractivity contribution is 7.80. The van der Waals surface area contributed by atoms with Crippen LogP contribution in [0.1, 0.15) is 12.2 Å². The zero-order valence-corrected chi connectivity index (χ0v) is 10.9. The van der Waals surface area contributed by atoms with Crippen LogP contribution in [0.5, 0.6) is 0 Å². The molecule has 1 aromatic heterocycles. The predicted octanol–water partition coefficient (Wildman–Crippen LogP) is 3.18. The Kier molecular flexibility index (Phi) is 3.01. The molecule has 0 amide bonds. The molecule has 1 aliphatic heterocycles. The number of allylic oxidation sites excluding steroid dienone is 1. The van der Waals surface area contributed by atoms with Crippen LogP contribution >= 0.6 is 12.2 Å². The van der Waals surface area contributed by atoms with Gasteiger partial charge in [0.1, 0.15) is 11.5 Å². The molecular formula is C15H11NO2S. The lowest BCUT2D eigenvalue weighted by atomic mass is 10.2. The van der Waals surface area contributed by atoms with Crippen LogP contribution in [0.25, 0.3) is 17.4 Å². The third-order valence-corrected chi connectivity index (χ3v) is 3.11. The van der Waals surface area contributed by atoms with Crippen molar-refractivity contribution < 1.29 is 9.21 Å². The first-order valence-corrected chi connectivity index (χ1v) is 6.33. The first-order valence-electron chi connectivity index (χ1n) is 5.92. The van der Waals surface area contributed by atoms with E-state index in [4.69, 9.17) is 16.6 Å². The second-order valence-corrected chi connectivity index (χ2v) is 4.77. The van der Waals surface area contributed by atoms with Gasteiger partial charge in [-0.1, -0.05) is 42.5 Å². The summed E-state index contributed by atoms with van der Waals surface area (Å²) in [7, 11) is 0. The minimum atomic E-state index is 0.00246. The van der Waals surface area contributed by atoms with Crippen molar-refractivity contribution in [1.82, 2.24) is 5.32 Å². The molecule has 3 rings (SSSR count). The van der Waals surface area contributed by atoms with E-state index in [1.165, 1.54) is 0 Å².